The Kier molecular flexibility index (Phi) is 3.56. The molecule has 0 atom stereocenters. The first-order chi connectivity index (χ1) is 8.59. The number of methoxy groups -OCH3 is 1. The summed E-state index contributed by atoms with van der Waals surface area (Å²) in [5, 5.41) is 0. The molecule has 0 radical (unpaired) electrons. The summed E-state index contributed by atoms with van der Waals surface area (Å²) in [6.07, 6.45) is 3.42. The molecule has 1 aliphatic heterocycles. The van der Waals surface area contributed by atoms with Crippen LogP contribution in [0.15, 0.2) is 11.1 Å². The first-order valence-electron chi connectivity index (χ1n) is 6.16. The molecule has 0 spiro atoms. The van der Waals surface area contributed by atoms with Gasteiger partial charge in [0.15, 0.2) is 5.82 Å². The maximum Gasteiger partial charge on any atom is 0.295 e. The van der Waals surface area contributed by atoms with Crippen LogP contribution in [0.2, 0.25) is 0 Å². The van der Waals surface area contributed by atoms with Gasteiger partial charge in [-0.1, -0.05) is 6.92 Å². The molecule has 1 saturated heterocycles. The second-order valence-corrected chi connectivity index (χ2v) is 5.09. The summed E-state index contributed by atoms with van der Waals surface area (Å²) in [7, 11) is 1.49. The van der Waals surface area contributed by atoms with E-state index in [0.717, 1.165) is 25.9 Å². The van der Waals surface area contributed by atoms with Gasteiger partial charge in [-0.2, -0.15) is 0 Å². The lowest BCUT2D eigenvalue weighted by molar-refractivity contribution is 0.256. The maximum atomic E-state index is 11.6. The smallest absolute Gasteiger partial charge is 0.295 e. The zero-order valence-corrected chi connectivity index (χ0v) is 10.9. The Balaban J connectivity index is 2.20. The van der Waals surface area contributed by atoms with E-state index in [2.05, 4.69) is 21.8 Å². The third kappa shape index (κ3) is 2.33. The predicted molar refractivity (Wildman–Crippen MR) is 70.0 cm³/mol. The number of rotatable bonds is 3. The Bertz CT molecular complexity index is 463. The number of hydrogen-bond acceptors (Lipinski definition) is 5. The topological polar surface area (TPSA) is 84.2 Å². The van der Waals surface area contributed by atoms with Gasteiger partial charge in [0, 0.05) is 13.1 Å². The third-order valence-corrected chi connectivity index (χ3v) is 3.76. The van der Waals surface area contributed by atoms with Crippen molar-refractivity contribution in [3.8, 4) is 5.75 Å². The number of nitrogens with one attached hydrogen (secondary N) is 1. The van der Waals surface area contributed by atoms with Gasteiger partial charge in [-0.3, -0.25) is 4.79 Å². The summed E-state index contributed by atoms with van der Waals surface area (Å²) in [4.78, 5) is 20.5. The molecule has 0 bridgehead atoms. The zero-order chi connectivity index (χ0) is 13.2. The first kappa shape index (κ1) is 12.9. The van der Waals surface area contributed by atoms with E-state index in [4.69, 9.17) is 10.5 Å². The lowest BCUT2D eigenvalue weighted by atomic mass is 9.80. The van der Waals surface area contributed by atoms with Gasteiger partial charge in [0.05, 0.1) is 13.4 Å². The molecule has 6 nitrogen and oxygen atoms in total. The average Bonchev–Trinajstić information content (AvgIpc) is 2.39. The minimum atomic E-state index is -0.241. The van der Waals surface area contributed by atoms with Gasteiger partial charge in [0.25, 0.3) is 5.56 Å². The lowest BCUT2D eigenvalue weighted by Crippen LogP contribution is -2.43. The highest BCUT2D eigenvalue weighted by Gasteiger charge is 2.30. The highest BCUT2D eigenvalue weighted by atomic mass is 16.5. The minimum absolute atomic E-state index is 0.199. The molecule has 2 heterocycles. The molecule has 0 saturated carbocycles. The van der Waals surface area contributed by atoms with Gasteiger partial charge >= 0.3 is 0 Å². The van der Waals surface area contributed by atoms with Crippen LogP contribution in [0, 0.1) is 5.41 Å². The van der Waals surface area contributed by atoms with Crippen LogP contribution in [-0.4, -0.2) is 36.7 Å². The Labute approximate surface area is 106 Å². The molecule has 100 valence electrons. The standard InChI is InChI=1S/C12H20N4O2/c1-12(7-13)3-5-16(6-4-12)10-9(18-2)11(17)15-8-14-10/h8H,3-7,13H2,1-2H3,(H,14,15,17). The Morgan fingerprint density at radius 3 is 2.78 bits per heavy atom. The molecule has 1 aromatic heterocycles. The molecule has 2 rings (SSSR count). The van der Waals surface area contributed by atoms with Crippen LogP contribution in [0.25, 0.3) is 0 Å². The molecule has 6 heteroatoms. The summed E-state index contributed by atoms with van der Waals surface area (Å²) in [5.74, 6) is 0.911. The van der Waals surface area contributed by atoms with Crippen molar-refractivity contribution >= 4 is 5.82 Å². The molecular weight excluding hydrogens is 232 g/mol. The van der Waals surface area contributed by atoms with Crippen molar-refractivity contribution in [2.24, 2.45) is 11.1 Å². The second kappa shape index (κ2) is 4.97. The minimum Gasteiger partial charge on any atom is -0.489 e. The molecule has 3 N–H and O–H groups in total. The molecular formula is C12H20N4O2. The second-order valence-electron chi connectivity index (χ2n) is 5.09. The van der Waals surface area contributed by atoms with Crippen LogP contribution in [0.1, 0.15) is 19.8 Å². The molecule has 0 aromatic carbocycles. The van der Waals surface area contributed by atoms with E-state index in [1.54, 1.807) is 0 Å². The molecule has 18 heavy (non-hydrogen) atoms. The number of aromatic nitrogens is 2. The number of anilines is 1. The maximum absolute atomic E-state index is 11.6. The van der Waals surface area contributed by atoms with Crippen molar-refractivity contribution in [2.45, 2.75) is 19.8 Å². The van der Waals surface area contributed by atoms with Gasteiger partial charge in [0.2, 0.25) is 5.75 Å². The van der Waals surface area contributed by atoms with Crippen LogP contribution in [0.4, 0.5) is 5.82 Å². The zero-order valence-electron chi connectivity index (χ0n) is 10.9. The number of hydrogen-bond donors (Lipinski definition) is 2. The SMILES string of the molecule is COc1c(N2CCC(C)(CN)CC2)nc[nH]c1=O. The molecule has 0 unspecified atom stereocenters. The van der Waals surface area contributed by atoms with Gasteiger partial charge in [0.1, 0.15) is 0 Å². The quantitative estimate of drug-likeness (QED) is 0.810. The van der Waals surface area contributed by atoms with Crippen molar-refractivity contribution < 1.29 is 4.74 Å². The van der Waals surface area contributed by atoms with Gasteiger partial charge in [-0.15, -0.1) is 0 Å². The molecule has 1 aliphatic rings. The highest BCUT2D eigenvalue weighted by molar-refractivity contribution is 5.51. The normalized spacial score (nSPS) is 18.7. The van der Waals surface area contributed by atoms with E-state index in [1.807, 2.05) is 0 Å². The molecule has 0 aliphatic carbocycles. The van der Waals surface area contributed by atoms with Crippen LogP contribution in [-0.2, 0) is 0 Å². The van der Waals surface area contributed by atoms with Crippen molar-refractivity contribution in [1.29, 1.82) is 0 Å². The Morgan fingerprint density at radius 1 is 1.56 bits per heavy atom. The fourth-order valence-electron chi connectivity index (χ4n) is 2.25. The van der Waals surface area contributed by atoms with E-state index in [0.29, 0.717) is 12.4 Å². The van der Waals surface area contributed by atoms with E-state index in [-0.39, 0.29) is 16.7 Å². The van der Waals surface area contributed by atoms with Crippen LogP contribution >= 0.6 is 0 Å². The number of nitrogens with two attached hydrogens (primary N) is 1. The Morgan fingerprint density at radius 2 is 2.22 bits per heavy atom. The van der Waals surface area contributed by atoms with Gasteiger partial charge < -0.3 is 20.4 Å². The first-order valence-corrected chi connectivity index (χ1v) is 6.16. The molecule has 0 amide bonds. The number of aromatic amines is 1. The highest BCUT2D eigenvalue weighted by Crippen LogP contribution is 2.33. The fourth-order valence-corrected chi connectivity index (χ4v) is 2.25. The summed E-state index contributed by atoms with van der Waals surface area (Å²) in [5.41, 5.74) is 5.75. The molecule has 1 aromatic rings. The average molecular weight is 252 g/mol. The van der Waals surface area contributed by atoms with Gasteiger partial charge in [-0.25, -0.2) is 4.98 Å². The Hall–Kier alpha value is -1.56. The fraction of sp³-hybridized carbons (Fsp3) is 0.667. The summed E-state index contributed by atoms with van der Waals surface area (Å²) >= 11 is 0. The van der Waals surface area contributed by atoms with E-state index >= 15 is 0 Å². The number of piperidine rings is 1. The number of nitrogens with zero attached hydrogens (tertiary/aromatic N) is 2. The summed E-state index contributed by atoms with van der Waals surface area (Å²) < 4.78 is 5.14. The summed E-state index contributed by atoms with van der Waals surface area (Å²) in [6, 6.07) is 0. The van der Waals surface area contributed by atoms with Crippen molar-refractivity contribution in [3.05, 3.63) is 16.7 Å². The largest absolute Gasteiger partial charge is 0.489 e. The van der Waals surface area contributed by atoms with E-state index in [9.17, 15) is 4.79 Å². The van der Waals surface area contributed by atoms with Crippen molar-refractivity contribution in [1.82, 2.24) is 9.97 Å². The van der Waals surface area contributed by atoms with E-state index < -0.39 is 0 Å². The van der Waals surface area contributed by atoms with E-state index in [1.165, 1.54) is 13.4 Å². The third-order valence-electron chi connectivity index (χ3n) is 3.76. The number of H-pyrrole nitrogens is 1. The van der Waals surface area contributed by atoms with Crippen molar-refractivity contribution in [2.75, 3.05) is 31.6 Å². The van der Waals surface area contributed by atoms with Crippen LogP contribution < -0.4 is 20.9 Å². The predicted octanol–water partition coefficient (Wildman–Crippen LogP) is 0.344. The van der Waals surface area contributed by atoms with Gasteiger partial charge in [-0.05, 0) is 24.8 Å². The van der Waals surface area contributed by atoms with Crippen LogP contribution in [0.3, 0.4) is 0 Å². The van der Waals surface area contributed by atoms with Crippen LogP contribution in [0.5, 0.6) is 5.75 Å². The summed E-state index contributed by atoms with van der Waals surface area (Å²) in [6.45, 7) is 4.59. The lowest BCUT2D eigenvalue weighted by Gasteiger charge is -2.39. The number of ether oxygens (including phenoxy) is 1. The molecule has 1 fully saturated rings. The monoisotopic (exact) mass is 252 g/mol. The van der Waals surface area contributed by atoms with Crippen molar-refractivity contribution in [3.63, 3.8) is 0 Å².